The largest absolute Gasteiger partial charge is 0.351 e. The number of nitrogens with one attached hydrogen (secondary N) is 1. The molecule has 2 nitrogen and oxygen atoms in total. The number of carbonyl (C=O) groups excluding carboxylic acids is 1. The Labute approximate surface area is 79.5 Å². The zero-order valence-electron chi connectivity index (χ0n) is 6.84. The zero-order chi connectivity index (χ0) is 9.26. The third-order valence-electron chi connectivity index (χ3n) is 1.86. The van der Waals surface area contributed by atoms with E-state index < -0.39 is 0 Å². The lowest BCUT2D eigenvalue weighted by molar-refractivity contribution is -0.118. The van der Waals surface area contributed by atoms with Gasteiger partial charge in [-0.2, -0.15) is 0 Å². The molecule has 0 bridgehead atoms. The molecule has 1 amide bonds. The fourth-order valence-electron chi connectivity index (χ4n) is 1.22. The average molecular weight is 197 g/mol. The van der Waals surface area contributed by atoms with Crippen molar-refractivity contribution in [3.63, 3.8) is 0 Å². The van der Waals surface area contributed by atoms with Crippen LogP contribution in [0.1, 0.15) is 5.56 Å². The van der Waals surface area contributed by atoms with Crippen molar-refractivity contribution in [3.05, 3.63) is 29.6 Å². The van der Waals surface area contributed by atoms with Crippen LogP contribution in [0, 0.1) is 5.82 Å². The molecule has 0 aromatic heterocycles. The Balaban J connectivity index is 2.35. The zero-order valence-corrected chi connectivity index (χ0v) is 7.66. The summed E-state index contributed by atoms with van der Waals surface area (Å²) in [5, 5.41) is 2.70. The molecule has 0 saturated carbocycles. The van der Waals surface area contributed by atoms with Crippen LogP contribution in [0.25, 0.3) is 0 Å². The number of benzene rings is 1. The van der Waals surface area contributed by atoms with Gasteiger partial charge in [-0.25, -0.2) is 4.39 Å². The van der Waals surface area contributed by atoms with Gasteiger partial charge in [0.1, 0.15) is 5.82 Å². The summed E-state index contributed by atoms with van der Waals surface area (Å²) in [6.07, 6.45) is 0. The smallest absolute Gasteiger partial charge is 0.230 e. The quantitative estimate of drug-likeness (QED) is 0.683. The van der Waals surface area contributed by atoms with Crippen molar-refractivity contribution < 1.29 is 9.18 Å². The van der Waals surface area contributed by atoms with Crippen LogP contribution in [-0.2, 0) is 11.3 Å². The van der Waals surface area contributed by atoms with E-state index in [-0.39, 0.29) is 11.7 Å². The predicted molar refractivity (Wildman–Crippen MR) is 49.0 cm³/mol. The van der Waals surface area contributed by atoms with Crippen LogP contribution in [0.2, 0.25) is 0 Å². The molecule has 1 aromatic rings. The summed E-state index contributed by atoms with van der Waals surface area (Å²) in [6.45, 7) is 0.429. The third kappa shape index (κ3) is 1.83. The fourth-order valence-corrected chi connectivity index (χ4v) is 2.08. The Morgan fingerprint density at radius 2 is 2.31 bits per heavy atom. The number of carbonyl (C=O) groups is 1. The Morgan fingerprint density at radius 1 is 1.46 bits per heavy atom. The van der Waals surface area contributed by atoms with Crippen LogP contribution in [0.5, 0.6) is 0 Å². The SMILES string of the molecule is O=C1CSc2ccc(F)cc2CN1. The number of hydrogen-bond acceptors (Lipinski definition) is 2. The molecule has 0 unspecified atom stereocenters. The molecule has 13 heavy (non-hydrogen) atoms. The molecule has 0 spiro atoms. The summed E-state index contributed by atoms with van der Waals surface area (Å²) in [7, 11) is 0. The minimum atomic E-state index is -0.254. The average Bonchev–Trinajstić information content (AvgIpc) is 2.29. The second-order valence-electron chi connectivity index (χ2n) is 2.82. The number of fused-ring (bicyclic) bond motifs is 1. The van der Waals surface area contributed by atoms with Crippen molar-refractivity contribution in [3.8, 4) is 0 Å². The third-order valence-corrected chi connectivity index (χ3v) is 2.97. The first kappa shape index (κ1) is 8.56. The highest BCUT2D eigenvalue weighted by Gasteiger charge is 2.12. The van der Waals surface area contributed by atoms with Gasteiger partial charge in [0, 0.05) is 11.4 Å². The molecule has 68 valence electrons. The van der Waals surface area contributed by atoms with E-state index in [1.807, 2.05) is 0 Å². The Kier molecular flexibility index (Phi) is 2.22. The van der Waals surface area contributed by atoms with Crippen molar-refractivity contribution >= 4 is 17.7 Å². The number of halogens is 1. The monoisotopic (exact) mass is 197 g/mol. The van der Waals surface area contributed by atoms with Crippen LogP contribution in [0.15, 0.2) is 23.1 Å². The molecule has 0 aliphatic carbocycles. The predicted octanol–water partition coefficient (Wildman–Crippen LogP) is 1.55. The molecule has 1 heterocycles. The second kappa shape index (κ2) is 3.38. The molecule has 1 N–H and O–H groups in total. The molecule has 0 fully saturated rings. The molecule has 2 rings (SSSR count). The highest BCUT2D eigenvalue weighted by molar-refractivity contribution is 8.00. The van der Waals surface area contributed by atoms with Crippen LogP contribution in [-0.4, -0.2) is 11.7 Å². The molecule has 0 saturated heterocycles. The topological polar surface area (TPSA) is 29.1 Å². The summed E-state index contributed by atoms with van der Waals surface area (Å²) in [5.41, 5.74) is 0.857. The molecule has 1 aromatic carbocycles. The van der Waals surface area contributed by atoms with Crippen LogP contribution in [0.4, 0.5) is 4.39 Å². The number of rotatable bonds is 0. The van der Waals surface area contributed by atoms with Crippen molar-refractivity contribution in [1.29, 1.82) is 0 Å². The molecular formula is C9H8FNOS. The van der Waals surface area contributed by atoms with Gasteiger partial charge in [-0.3, -0.25) is 4.79 Å². The lowest BCUT2D eigenvalue weighted by Crippen LogP contribution is -2.22. The summed E-state index contributed by atoms with van der Waals surface area (Å²) >= 11 is 1.45. The molecule has 4 heteroatoms. The standard InChI is InChI=1S/C9H8FNOS/c10-7-1-2-8-6(3-7)4-11-9(12)5-13-8/h1-3H,4-5H2,(H,11,12). The van der Waals surface area contributed by atoms with Crippen LogP contribution < -0.4 is 5.32 Å². The van der Waals surface area contributed by atoms with Gasteiger partial charge in [0.25, 0.3) is 0 Å². The lowest BCUT2D eigenvalue weighted by atomic mass is 10.2. The normalized spacial score (nSPS) is 15.9. The van der Waals surface area contributed by atoms with Crippen molar-refractivity contribution in [1.82, 2.24) is 5.32 Å². The van der Waals surface area contributed by atoms with Gasteiger partial charge in [0.2, 0.25) is 5.91 Å². The van der Waals surface area contributed by atoms with Crippen LogP contribution >= 0.6 is 11.8 Å². The molecule has 0 atom stereocenters. The maximum atomic E-state index is 12.8. The molecule has 1 aliphatic heterocycles. The van der Waals surface area contributed by atoms with E-state index in [0.717, 1.165) is 10.5 Å². The number of hydrogen-bond donors (Lipinski definition) is 1. The molecule has 1 aliphatic rings. The highest BCUT2D eigenvalue weighted by atomic mass is 32.2. The highest BCUT2D eigenvalue weighted by Crippen LogP contribution is 2.25. The first-order valence-electron chi connectivity index (χ1n) is 3.93. The summed E-state index contributed by atoms with van der Waals surface area (Å²) in [4.78, 5) is 12.0. The fraction of sp³-hybridized carbons (Fsp3) is 0.222. The summed E-state index contributed by atoms with van der Waals surface area (Å²) in [5.74, 6) is 0.163. The van der Waals surface area contributed by atoms with E-state index in [1.165, 1.54) is 23.9 Å². The molecular weight excluding hydrogens is 189 g/mol. The number of thioether (sulfide) groups is 1. The van der Waals surface area contributed by atoms with Crippen LogP contribution in [0.3, 0.4) is 0 Å². The van der Waals surface area contributed by atoms with Gasteiger partial charge in [0.05, 0.1) is 5.75 Å². The first-order valence-corrected chi connectivity index (χ1v) is 4.92. The second-order valence-corrected chi connectivity index (χ2v) is 3.83. The van der Waals surface area contributed by atoms with E-state index in [0.29, 0.717) is 12.3 Å². The Bertz CT molecular complexity index is 353. The maximum absolute atomic E-state index is 12.8. The van der Waals surface area contributed by atoms with E-state index in [9.17, 15) is 9.18 Å². The summed E-state index contributed by atoms with van der Waals surface area (Å²) in [6, 6.07) is 4.60. The van der Waals surface area contributed by atoms with Gasteiger partial charge >= 0.3 is 0 Å². The van der Waals surface area contributed by atoms with Crippen molar-refractivity contribution in [2.75, 3.05) is 5.75 Å². The van der Waals surface area contributed by atoms with Crippen molar-refractivity contribution in [2.24, 2.45) is 0 Å². The van der Waals surface area contributed by atoms with Gasteiger partial charge in [-0.1, -0.05) is 0 Å². The van der Waals surface area contributed by atoms with E-state index >= 15 is 0 Å². The Morgan fingerprint density at radius 3 is 3.15 bits per heavy atom. The van der Waals surface area contributed by atoms with E-state index in [4.69, 9.17) is 0 Å². The van der Waals surface area contributed by atoms with Gasteiger partial charge in [0.15, 0.2) is 0 Å². The Hall–Kier alpha value is -1.03. The van der Waals surface area contributed by atoms with Gasteiger partial charge < -0.3 is 5.32 Å². The lowest BCUT2D eigenvalue weighted by Gasteiger charge is -2.02. The minimum absolute atomic E-state index is 0.00149. The minimum Gasteiger partial charge on any atom is -0.351 e. The van der Waals surface area contributed by atoms with Gasteiger partial charge in [-0.05, 0) is 23.8 Å². The van der Waals surface area contributed by atoms with Gasteiger partial charge in [-0.15, -0.1) is 11.8 Å². The van der Waals surface area contributed by atoms with Crippen molar-refractivity contribution in [2.45, 2.75) is 11.4 Å². The maximum Gasteiger partial charge on any atom is 0.230 e. The summed E-state index contributed by atoms with van der Waals surface area (Å²) < 4.78 is 12.8. The van der Waals surface area contributed by atoms with E-state index in [2.05, 4.69) is 5.32 Å². The molecule has 0 radical (unpaired) electrons. The van der Waals surface area contributed by atoms with E-state index in [1.54, 1.807) is 6.07 Å². The number of amides is 1. The first-order chi connectivity index (χ1) is 6.25.